The first-order chi connectivity index (χ1) is 22.8. The Morgan fingerprint density at radius 3 is 1.46 bits per heavy atom. The van der Waals surface area contributed by atoms with Crippen LogP contribution in [-0.4, -0.2) is 28.9 Å². The van der Waals surface area contributed by atoms with E-state index < -0.39 is 0 Å². The van der Waals surface area contributed by atoms with Gasteiger partial charge in [-0.15, -0.1) is 0 Å². The highest BCUT2D eigenvalue weighted by Crippen LogP contribution is 2.33. The molecule has 9 aromatic rings. The molecule has 46 heavy (non-hydrogen) atoms. The van der Waals surface area contributed by atoms with E-state index in [0.29, 0.717) is 17.5 Å². The number of nitrogens with zero attached hydrogens (tertiary/aromatic N) is 6. The van der Waals surface area contributed by atoms with Gasteiger partial charge in [-0.05, 0) is 59.7 Å². The van der Waals surface area contributed by atoms with Gasteiger partial charge in [0.1, 0.15) is 0 Å². The third-order valence-electron chi connectivity index (χ3n) is 8.39. The molecular formula is C40H26N6. The predicted octanol–water partition coefficient (Wildman–Crippen LogP) is 9.28. The van der Waals surface area contributed by atoms with E-state index in [1.807, 2.05) is 72.8 Å². The summed E-state index contributed by atoms with van der Waals surface area (Å²) in [5, 5.41) is 0. The third kappa shape index (κ3) is 4.35. The fraction of sp³-hybridized carbons (Fsp3) is 0. The standard InChI is InChI=1S/C40H26N6/c1-4-12-27(13-5-1)31-22-25-35-36(26-31)46-34-19-11-10-18-33(34)41-40(46)45(35)32-23-20-30(21-24-32)39-43-37(28-14-6-2-7-15-28)42-38(44-39)29-16-8-3-9-17-29/h1-26H. The van der Waals surface area contributed by atoms with Crippen molar-refractivity contribution >= 4 is 27.8 Å². The molecule has 6 nitrogen and oxygen atoms in total. The van der Waals surface area contributed by atoms with Gasteiger partial charge < -0.3 is 0 Å². The van der Waals surface area contributed by atoms with E-state index >= 15 is 0 Å². The van der Waals surface area contributed by atoms with Crippen molar-refractivity contribution in [3.8, 4) is 51.0 Å². The molecule has 0 spiro atoms. The number of benzene rings is 6. The molecule has 0 saturated heterocycles. The highest BCUT2D eigenvalue weighted by Gasteiger charge is 2.18. The molecule has 9 rings (SSSR count). The summed E-state index contributed by atoms with van der Waals surface area (Å²) in [5.74, 6) is 2.78. The summed E-state index contributed by atoms with van der Waals surface area (Å²) in [5.41, 5.74) is 10.4. The minimum absolute atomic E-state index is 0.626. The zero-order valence-electron chi connectivity index (χ0n) is 24.7. The first kappa shape index (κ1) is 26.0. The van der Waals surface area contributed by atoms with Crippen molar-refractivity contribution in [3.05, 3.63) is 158 Å². The maximum Gasteiger partial charge on any atom is 0.220 e. The van der Waals surface area contributed by atoms with Crippen LogP contribution in [0.25, 0.3) is 78.8 Å². The largest absolute Gasteiger partial charge is 0.278 e. The Bertz CT molecular complexity index is 2440. The van der Waals surface area contributed by atoms with Crippen LogP contribution in [0.15, 0.2) is 158 Å². The molecule has 3 heterocycles. The van der Waals surface area contributed by atoms with Crippen molar-refractivity contribution in [1.82, 2.24) is 28.9 Å². The van der Waals surface area contributed by atoms with Gasteiger partial charge in [0.15, 0.2) is 17.5 Å². The summed E-state index contributed by atoms with van der Waals surface area (Å²) in [7, 11) is 0. The molecule has 6 aromatic carbocycles. The van der Waals surface area contributed by atoms with E-state index in [1.54, 1.807) is 0 Å². The van der Waals surface area contributed by atoms with Crippen molar-refractivity contribution in [2.75, 3.05) is 0 Å². The maximum atomic E-state index is 5.10. The molecule has 0 saturated carbocycles. The van der Waals surface area contributed by atoms with Crippen LogP contribution < -0.4 is 0 Å². The molecule has 0 atom stereocenters. The summed E-state index contributed by atoms with van der Waals surface area (Å²) in [6.07, 6.45) is 0. The SMILES string of the molecule is c1ccc(-c2ccc3c(c2)n2c4ccccc4nc2n3-c2ccc(-c3nc(-c4ccccc4)nc(-c4ccccc4)n3)cc2)cc1. The molecule has 216 valence electrons. The Kier molecular flexibility index (Phi) is 6.03. The molecule has 0 amide bonds. The molecule has 0 aliphatic carbocycles. The normalized spacial score (nSPS) is 11.5. The molecule has 0 fully saturated rings. The summed E-state index contributed by atoms with van der Waals surface area (Å²) in [4.78, 5) is 19.8. The van der Waals surface area contributed by atoms with Gasteiger partial charge in [0.2, 0.25) is 5.78 Å². The van der Waals surface area contributed by atoms with E-state index in [0.717, 1.165) is 50.2 Å². The van der Waals surface area contributed by atoms with Crippen molar-refractivity contribution in [1.29, 1.82) is 0 Å². The van der Waals surface area contributed by atoms with Gasteiger partial charge in [-0.25, -0.2) is 19.9 Å². The van der Waals surface area contributed by atoms with Gasteiger partial charge >= 0.3 is 0 Å². The Balaban J connectivity index is 1.20. The molecule has 0 aliphatic heterocycles. The van der Waals surface area contributed by atoms with Gasteiger partial charge in [0.25, 0.3) is 0 Å². The summed E-state index contributed by atoms with van der Waals surface area (Å²) in [6, 6.07) is 53.9. The lowest BCUT2D eigenvalue weighted by atomic mass is 10.1. The zero-order valence-corrected chi connectivity index (χ0v) is 24.7. The quantitative estimate of drug-likeness (QED) is 0.200. The number of fused-ring (bicyclic) bond motifs is 5. The molecular weight excluding hydrogens is 564 g/mol. The van der Waals surface area contributed by atoms with Crippen LogP contribution in [0.1, 0.15) is 0 Å². The Labute approximate surface area is 264 Å². The van der Waals surface area contributed by atoms with E-state index in [1.165, 1.54) is 11.1 Å². The molecule has 0 aliphatic rings. The lowest BCUT2D eigenvalue weighted by Gasteiger charge is -2.10. The van der Waals surface area contributed by atoms with Crippen LogP contribution >= 0.6 is 0 Å². The van der Waals surface area contributed by atoms with Crippen molar-refractivity contribution in [3.63, 3.8) is 0 Å². The Morgan fingerprint density at radius 2 is 0.848 bits per heavy atom. The van der Waals surface area contributed by atoms with Crippen LogP contribution in [0.2, 0.25) is 0 Å². The molecule has 6 heteroatoms. The second-order valence-electron chi connectivity index (χ2n) is 11.2. The lowest BCUT2D eigenvalue weighted by molar-refractivity contribution is 1.07. The van der Waals surface area contributed by atoms with Crippen LogP contribution in [0.5, 0.6) is 0 Å². The molecule has 0 bridgehead atoms. The Hall–Kier alpha value is -6.40. The zero-order chi connectivity index (χ0) is 30.5. The average Bonchev–Trinajstić information content (AvgIpc) is 3.67. The molecule has 0 N–H and O–H groups in total. The van der Waals surface area contributed by atoms with E-state index in [4.69, 9.17) is 19.9 Å². The van der Waals surface area contributed by atoms with Gasteiger partial charge in [-0.2, -0.15) is 0 Å². The van der Waals surface area contributed by atoms with Gasteiger partial charge in [0.05, 0.1) is 22.1 Å². The monoisotopic (exact) mass is 590 g/mol. The molecule has 3 aromatic heterocycles. The number of para-hydroxylation sites is 2. The van der Waals surface area contributed by atoms with Crippen LogP contribution in [0, 0.1) is 0 Å². The van der Waals surface area contributed by atoms with Gasteiger partial charge in [0, 0.05) is 22.4 Å². The fourth-order valence-electron chi connectivity index (χ4n) is 6.16. The van der Waals surface area contributed by atoms with Gasteiger partial charge in [-0.1, -0.05) is 109 Å². The lowest BCUT2D eigenvalue weighted by Crippen LogP contribution is -2.00. The number of hydrogen-bond acceptors (Lipinski definition) is 4. The van der Waals surface area contributed by atoms with E-state index in [2.05, 4.69) is 93.9 Å². The predicted molar refractivity (Wildman–Crippen MR) is 185 cm³/mol. The maximum absolute atomic E-state index is 5.10. The average molecular weight is 591 g/mol. The minimum atomic E-state index is 0.626. The number of aromatic nitrogens is 6. The first-order valence-corrected chi connectivity index (χ1v) is 15.2. The first-order valence-electron chi connectivity index (χ1n) is 15.2. The van der Waals surface area contributed by atoms with E-state index in [-0.39, 0.29) is 0 Å². The summed E-state index contributed by atoms with van der Waals surface area (Å²) >= 11 is 0. The second-order valence-corrected chi connectivity index (χ2v) is 11.2. The highest BCUT2D eigenvalue weighted by molar-refractivity contribution is 5.94. The Morgan fingerprint density at radius 1 is 0.348 bits per heavy atom. The number of hydrogen-bond donors (Lipinski definition) is 0. The number of rotatable bonds is 5. The van der Waals surface area contributed by atoms with E-state index in [9.17, 15) is 0 Å². The molecule has 0 unspecified atom stereocenters. The number of imidazole rings is 2. The smallest absolute Gasteiger partial charge is 0.220 e. The van der Waals surface area contributed by atoms with Gasteiger partial charge in [-0.3, -0.25) is 8.97 Å². The highest BCUT2D eigenvalue weighted by atomic mass is 15.2. The third-order valence-corrected chi connectivity index (χ3v) is 8.39. The minimum Gasteiger partial charge on any atom is -0.278 e. The topological polar surface area (TPSA) is 60.9 Å². The van der Waals surface area contributed by atoms with Crippen LogP contribution in [0.4, 0.5) is 0 Å². The second kappa shape index (κ2) is 10.6. The van der Waals surface area contributed by atoms with Crippen LogP contribution in [-0.2, 0) is 0 Å². The summed E-state index contributed by atoms with van der Waals surface area (Å²) < 4.78 is 4.49. The van der Waals surface area contributed by atoms with Crippen molar-refractivity contribution in [2.45, 2.75) is 0 Å². The van der Waals surface area contributed by atoms with Crippen LogP contribution in [0.3, 0.4) is 0 Å². The fourth-order valence-corrected chi connectivity index (χ4v) is 6.16. The van der Waals surface area contributed by atoms with Crippen molar-refractivity contribution < 1.29 is 0 Å². The van der Waals surface area contributed by atoms with Crippen molar-refractivity contribution in [2.24, 2.45) is 0 Å². The summed E-state index contributed by atoms with van der Waals surface area (Å²) in [6.45, 7) is 0. The molecule has 0 radical (unpaired) electrons.